The van der Waals surface area contributed by atoms with Gasteiger partial charge in [0.25, 0.3) is 0 Å². The van der Waals surface area contributed by atoms with Crippen molar-refractivity contribution in [2.24, 2.45) is 0 Å². The number of carbonyl (C=O) groups is 3. The van der Waals surface area contributed by atoms with Crippen LogP contribution < -0.4 is 0 Å². The quantitative estimate of drug-likeness (QED) is 0.596. The number of esters is 1. The molecule has 1 aliphatic heterocycles. The van der Waals surface area contributed by atoms with E-state index in [1.54, 1.807) is 30.4 Å². The smallest absolute Gasteiger partial charge is 0.306 e. The summed E-state index contributed by atoms with van der Waals surface area (Å²) in [4.78, 5) is 33.6. The largest absolute Gasteiger partial charge is 0.457 e. The van der Waals surface area contributed by atoms with Crippen molar-refractivity contribution in [3.05, 3.63) is 36.5 Å². The SMILES string of the molecule is O=C1\C=C/C=C\C=C/CC(=O)CCC(=O)OC1. The van der Waals surface area contributed by atoms with Crippen LogP contribution in [0.1, 0.15) is 19.3 Å². The summed E-state index contributed by atoms with van der Waals surface area (Å²) < 4.78 is 4.71. The third kappa shape index (κ3) is 6.25. The van der Waals surface area contributed by atoms with E-state index in [0.717, 1.165) is 0 Å². The Bertz CT molecular complexity index is 388. The predicted molar refractivity (Wildman–Crippen MR) is 62.2 cm³/mol. The van der Waals surface area contributed by atoms with Crippen LogP contribution in [0.4, 0.5) is 0 Å². The van der Waals surface area contributed by atoms with Crippen molar-refractivity contribution in [2.45, 2.75) is 19.3 Å². The van der Waals surface area contributed by atoms with Crippen LogP contribution in [0.2, 0.25) is 0 Å². The van der Waals surface area contributed by atoms with Gasteiger partial charge >= 0.3 is 5.97 Å². The number of hydrogen-bond acceptors (Lipinski definition) is 4. The standard InChI is InChI=1S/C13H14O4/c14-11-6-4-2-1-3-5-7-12(15)10-17-13(16)9-8-11/h1-5,7H,6,8-10H2/b3-1-,4-2-,7-5-. The van der Waals surface area contributed by atoms with E-state index in [2.05, 4.69) is 0 Å². The van der Waals surface area contributed by atoms with E-state index in [1.165, 1.54) is 6.08 Å². The van der Waals surface area contributed by atoms with Gasteiger partial charge in [0.15, 0.2) is 12.4 Å². The zero-order valence-electron chi connectivity index (χ0n) is 9.43. The van der Waals surface area contributed by atoms with Crippen LogP contribution in [0.15, 0.2) is 36.5 Å². The maximum atomic E-state index is 11.3. The number of allylic oxidation sites excluding steroid dienone is 5. The van der Waals surface area contributed by atoms with E-state index in [0.29, 0.717) is 6.42 Å². The highest BCUT2D eigenvalue weighted by Gasteiger charge is 2.08. The van der Waals surface area contributed by atoms with E-state index in [-0.39, 0.29) is 31.0 Å². The second-order valence-electron chi connectivity index (χ2n) is 3.54. The lowest BCUT2D eigenvalue weighted by Gasteiger charge is -2.01. The topological polar surface area (TPSA) is 60.4 Å². The Kier molecular flexibility index (Phi) is 5.64. The predicted octanol–water partition coefficient (Wildman–Crippen LogP) is 1.52. The molecular weight excluding hydrogens is 220 g/mol. The summed E-state index contributed by atoms with van der Waals surface area (Å²) in [7, 11) is 0. The molecule has 1 aliphatic rings. The molecule has 0 aromatic carbocycles. The summed E-state index contributed by atoms with van der Waals surface area (Å²) in [5.74, 6) is -0.822. The van der Waals surface area contributed by atoms with E-state index in [4.69, 9.17) is 4.74 Å². The molecule has 90 valence electrons. The van der Waals surface area contributed by atoms with E-state index in [1.807, 2.05) is 0 Å². The molecule has 0 aromatic rings. The molecule has 0 amide bonds. The van der Waals surface area contributed by atoms with Gasteiger partial charge in [-0.3, -0.25) is 14.4 Å². The molecule has 0 N–H and O–H groups in total. The molecule has 4 heteroatoms. The molecule has 1 heterocycles. The van der Waals surface area contributed by atoms with Crippen LogP contribution in [0.3, 0.4) is 0 Å². The molecule has 0 spiro atoms. The van der Waals surface area contributed by atoms with Crippen LogP contribution in [0.5, 0.6) is 0 Å². The van der Waals surface area contributed by atoms with Crippen molar-refractivity contribution in [1.82, 2.24) is 0 Å². The molecule has 0 bridgehead atoms. The molecule has 17 heavy (non-hydrogen) atoms. The van der Waals surface area contributed by atoms with Gasteiger partial charge in [-0.05, 0) is 6.08 Å². The number of ketones is 2. The van der Waals surface area contributed by atoms with E-state index < -0.39 is 5.97 Å². The molecule has 0 unspecified atom stereocenters. The summed E-state index contributed by atoms with van der Waals surface area (Å²) in [5, 5.41) is 0. The number of carbonyl (C=O) groups excluding carboxylic acids is 3. The highest BCUT2D eigenvalue weighted by molar-refractivity contribution is 5.92. The average molecular weight is 234 g/mol. The number of ether oxygens (including phenoxy) is 1. The van der Waals surface area contributed by atoms with Crippen molar-refractivity contribution in [2.75, 3.05) is 6.61 Å². The average Bonchev–Trinajstić information content (AvgIpc) is 2.31. The Morgan fingerprint density at radius 3 is 2.53 bits per heavy atom. The van der Waals surface area contributed by atoms with Crippen molar-refractivity contribution < 1.29 is 19.1 Å². The van der Waals surface area contributed by atoms with Crippen molar-refractivity contribution in [3.63, 3.8) is 0 Å². The van der Waals surface area contributed by atoms with Gasteiger partial charge in [-0.25, -0.2) is 0 Å². The molecule has 0 radical (unpaired) electrons. The highest BCUT2D eigenvalue weighted by atomic mass is 16.5. The summed E-state index contributed by atoms with van der Waals surface area (Å²) in [6.07, 6.45) is 10.2. The number of Topliss-reactive ketones (excluding diaryl/α,β-unsaturated/α-hetero) is 1. The van der Waals surface area contributed by atoms with Gasteiger partial charge in [-0.15, -0.1) is 0 Å². The molecule has 0 aromatic heterocycles. The maximum absolute atomic E-state index is 11.3. The summed E-state index contributed by atoms with van der Waals surface area (Å²) in [6, 6.07) is 0. The van der Waals surface area contributed by atoms with Gasteiger partial charge in [0, 0.05) is 12.8 Å². The molecular formula is C13H14O4. The van der Waals surface area contributed by atoms with Crippen LogP contribution in [-0.2, 0) is 19.1 Å². The second-order valence-corrected chi connectivity index (χ2v) is 3.54. The number of hydrogen-bond donors (Lipinski definition) is 0. The van der Waals surface area contributed by atoms with E-state index in [9.17, 15) is 14.4 Å². The van der Waals surface area contributed by atoms with Crippen LogP contribution in [0.25, 0.3) is 0 Å². The first kappa shape index (κ1) is 13.1. The van der Waals surface area contributed by atoms with Crippen molar-refractivity contribution >= 4 is 17.5 Å². The first-order chi connectivity index (χ1) is 8.18. The Balaban J connectivity index is 2.63. The van der Waals surface area contributed by atoms with Gasteiger partial charge in [0.1, 0.15) is 5.78 Å². The third-order valence-electron chi connectivity index (χ3n) is 2.08. The molecule has 0 saturated carbocycles. The van der Waals surface area contributed by atoms with E-state index >= 15 is 0 Å². The van der Waals surface area contributed by atoms with Crippen molar-refractivity contribution in [3.8, 4) is 0 Å². The molecule has 1 rings (SSSR count). The lowest BCUT2D eigenvalue weighted by Crippen LogP contribution is -2.13. The molecule has 0 atom stereocenters. The van der Waals surface area contributed by atoms with Crippen LogP contribution >= 0.6 is 0 Å². The second kappa shape index (κ2) is 7.33. The molecule has 4 nitrogen and oxygen atoms in total. The third-order valence-corrected chi connectivity index (χ3v) is 2.08. The monoisotopic (exact) mass is 234 g/mol. The number of cyclic esters (lactones) is 1. The van der Waals surface area contributed by atoms with Crippen molar-refractivity contribution in [1.29, 1.82) is 0 Å². The lowest BCUT2D eigenvalue weighted by atomic mass is 10.1. The minimum Gasteiger partial charge on any atom is -0.457 e. The minimum absolute atomic E-state index is 0.0227. The minimum atomic E-state index is -0.517. The van der Waals surface area contributed by atoms with Gasteiger partial charge in [0.05, 0.1) is 6.42 Å². The molecule has 0 aliphatic carbocycles. The van der Waals surface area contributed by atoms with Gasteiger partial charge < -0.3 is 4.74 Å². The Hall–Kier alpha value is -1.97. The summed E-state index contributed by atoms with van der Waals surface area (Å²) in [5.41, 5.74) is 0. The zero-order chi connectivity index (χ0) is 12.5. The molecule has 0 fully saturated rings. The fraction of sp³-hybridized carbons (Fsp3) is 0.308. The molecule has 0 saturated heterocycles. The van der Waals surface area contributed by atoms with Gasteiger partial charge in [-0.2, -0.15) is 0 Å². The summed E-state index contributed by atoms with van der Waals surface area (Å²) >= 11 is 0. The Labute approximate surface area is 99.6 Å². The van der Waals surface area contributed by atoms with Gasteiger partial charge in [-0.1, -0.05) is 30.4 Å². The van der Waals surface area contributed by atoms with Crippen LogP contribution in [-0.4, -0.2) is 24.1 Å². The fourth-order valence-corrected chi connectivity index (χ4v) is 1.18. The summed E-state index contributed by atoms with van der Waals surface area (Å²) in [6.45, 7) is -0.271. The zero-order valence-corrected chi connectivity index (χ0v) is 9.43. The fourth-order valence-electron chi connectivity index (χ4n) is 1.18. The maximum Gasteiger partial charge on any atom is 0.306 e. The number of rotatable bonds is 0. The first-order valence-corrected chi connectivity index (χ1v) is 5.38. The normalized spacial score (nSPS) is 24.6. The highest BCUT2D eigenvalue weighted by Crippen LogP contribution is 2.00. The van der Waals surface area contributed by atoms with Crippen LogP contribution in [0, 0.1) is 0 Å². The Morgan fingerprint density at radius 1 is 0.941 bits per heavy atom. The first-order valence-electron chi connectivity index (χ1n) is 5.38. The Morgan fingerprint density at radius 2 is 1.71 bits per heavy atom. The lowest BCUT2D eigenvalue weighted by molar-refractivity contribution is -0.147. The van der Waals surface area contributed by atoms with Gasteiger partial charge in [0.2, 0.25) is 0 Å².